The first-order valence-electron chi connectivity index (χ1n) is 5.13. The third-order valence-corrected chi connectivity index (χ3v) is 5.31. The molecule has 80 valence electrons. The fourth-order valence-corrected chi connectivity index (χ4v) is 4.43. The standard InChI is InChI=1S/C12H13IS2/c1-2-3-5-9-8-11(13)15-12(9)10-6-4-7-14-10/h4,6-8H,2-3,5H2,1H3. The molecule has 2 aromatic rings. The minimum Gasteiger partial charge on any atom is -0.143 e. The Morgan fingerprint density at radius 3 is 2.93 bits per heavy atom. The fraction of sp³-hybridized carbons (Fsp3) is 0.333. The number of thiophene rings is 2. The maximum Gasteiger partial charge on any atom is 0.0663 e. The van der Waals surface area contributed by atoms with Gasteiger partial charge in [0.15, 0.2) is 0 Å². The molecule has 0 aliphatic heterocycles. The summed E-state index contributed by atoms with van der Waals surface area (Å²) in [7, 11) is 0. The van der Waals surface area contributed by atoms with Gasteiger partial charge < -0.3 is 0 Å². The van der Waals surface area contributed by atoms with E-state index in [1.165, 1.54) is 37.5 Å². The second-order valence-electron chi connectivity index (χ2n) is 3.49. The van der Waals surface area contributed by atoms with E-state index in [4.69, 9.17) is 0 Å². The highest BCUT2D eigenvalue weighted by Gasteiger charge is 2.10. The van der Waals surface area contributed by atoms with E-state index >= 15 is 0 Å². The van der Waals surface area contributed by atoms with Crippen LogP contribution in [0.4, 0.5) is 0 Å². The average molecular weight is 348 g/mol. The lowest BCUT2D eigenvalue weighted by molar-refractivity contribution is 0.798. The molecule has 0 bridgehead atoms. The predicted octanol–water partition coefficient (Wildman–Crippen LogP) is 5.42. The smallest absolute Gasteiger partial charge is 0.0663 e. The molecule has 0 unspecified atom stereocenters. The van der Waals surface area contributed by atoms with Crippen LogP contribution >= 0.6 is 45.3 Å². The predicted molar refractivity (Wildman–Crippen MR) is 79.0 cm³/mol. The second-order valence-corrected chi connectivity index (χ2v) is 7.38. The van der Waals surface area contributed by atoms with Gasteiger partial charge in [-0.2, -0.15) is 0 Å². The van der Waals surface area contributed by atoms with Gasteiger partial charge in [-0.15, -0.1) is 22.7 Å². The van der Waals surface area contributed by atoms with Crippen molar-refractivity contribution in [2.75, 3.05) is 0 Å². The highest BCUT2D eigenvalue weighted by Crippen LogP contribution is 2.36. The summed E-state index contributed by atoms with van der Waals surface area (Å²) in [6, 6.07) is 6.70. The van der Waals surface area contributed by atoms with Crippen LogP contribution in [0.3, 0.4) is 0 Å². The van der Waals surface area contributed by atoms with Gasteiger partial charge in [0.25, 0.3) is 0 Å². The van der Waals surface area contributed by atoms with Crippen LogP contribution in [0.1, 0.15) is 25.3 Å². The van der Waals surface area contributed by atoms with Crippen LogP contribution in [-0.2, 0) is 6.42 Å². The largest absolute Gasteiger partial charge is 0.143 e. The van der Waals surface area contributed by atoms with Crippen molar-refractivity contribution >= 4 is 45.3 Å². The van der Waals surface area contributed by atoms with Crippen molar-refractivity contribution in [1.82, 2.24) is 0 Å². The number of unbranched alkanes of at least 4 members (excludes halogenated alkanes) is 1. The molecule has 2 heterocycles. The Morgan fingerprint density at radius 2 is 2.27 bits per heavy atom. The Labute approximate surface area is 112 Å². The zero-order chi connectivity index (χ0) is 10.7. The third-order valence-electron chi connectivity index (χ3n) is 2.32. The number of halogens is 1. The number of hydrogen-bond acceptors (Lipinski definition) is 2. The highest BCUT2D eigenvalue weighted by atomic mass is 127. The minimum absolute atomic E-state index is 1.23. The maximum absolute atomic E-state index is 2.43. The van der Waals surface area contributed by atoms with Crippen LogP contribution in [0.25, 0.3) is 9.75 Å². The van der Waals surface area contributed by atoms with E-state index in [9.17, 15) is 0 Å². The molecule has 0 aliphatic rings. The first-order chi connectivity index (χ1) is 7.31. The molecule has 0 radical (unpaired) electrons. The second kappa shape index (κ2) is 5.46. The SMILES string of the molecule is CCCCc1cc(I)sc1-c1cccs1. The number of hydrogen-bond donors (Lipinski definition) is 0. The van der Waals surface area contributed by atoms with Crippen LogP contribution in [0.15, 0.2) is 23.6 Å². The van der Waals surface area contributed by atoms with Crippen molar-refractivity contribution in [3.63, 3.8) is 0 Å². The van der Waals surface area contributed by atoms with Gasteiger partial charge in [0.05, 0.1) is 2.88 Å². The van der Waals surface area contributed by atoms with Crippen molar-refractivity contribution in [3.05, 3.63) is 32.0 Å². The lowest BCUT2D eigenvalue weighted by atomic mass is 10.1. The van der Waals surface area contributed by atoms with Gasteiger partial charge >= 0.3 is 0 Å². The molecule has 0 atom stereocenters. The summed E-state index contributed by atoms with van der Waals surface area (Å²) in [5.74, 6) is 0. The summed E-state index contributed by atoms with van der Waals surface area (Å²) in [6.07, 6.45) is 3.80. The van der Waals surface area contributed by atoms with Gasteiger partial charge in [-0.05, 0) is 58.5 Å². The molecule has 0 saturated heterocycles. The quantitative estimate of drug-likeness (QED) is 0.647. The molecule has 0 fully saturated rings. The molecular weight excluding hydrogens is 335 g/mol. The number of aryl methyl sites for hydroxylation is 1. The van der Waals surface area contributed by atoms with Crippen molar-refractivity contribution in [3.8, 4) is 9.75 Å². The van der Waals surface area contributed by atoms with E-state index in [1.807, 2.05) is 22.7 Å². The van der Waals surface area contributed by atoms with Crippen LogP contribution in [0.5, 0.6) is 0 Å². The van der Waals surface area contributed by atoms with Gasteiger partial charge in [-0.3, -0.25) is 0 Å². The molecule has 0 aromatic carbocycles. The van der Waals surface area contributed by atoms with E-state index in [0.717, 1.165) is 0 Å². The summed E-state index contributed by atoms with van der Waals surface area (Å²) in [4.78, 5) is 2.91. The average Bonchev–Trinajstić information content (AvgIpc) is 2.83. The van der Waals surface area contributed by atoms with Crippen LogP contribution < -0.4 is 0 Å². The Bertz CT molecular complexity index is 415. The Hall–Kier alpha value is 0.130. The molecule has 15 heavy (non-hydrogen) atoms. The zero-order valence-electron chi connectivity index (χ0n) is 8.63. The first kappa shape index (κ1) is 11.6. The summed E-state index contributed by atoms with van der Waals surface area (Å²) in [5.41, 5.74) is 1.54. The maximum atomic E-state index is 2.43. The summed E-state index contributed by atoms with van der Waals surface area (Å²) < 4.78 is 1.40. The van der Waals surface area contributed by atoms with Crippen molar-refractivity contribution in [1.29, 1.82) is 0 Å². The van der Waals surface area contributed by atoms with E-state index in [1.54, 1.807) is 0 Å². The Kier molecular flexibility index (Phi) is 4.22. The highest BCUT2D eigenvalue weighted by molar-refractivity contribution is 14.1. The molecule has 0 nitrogen and oxygen atoms in total. The van der Waals surface area contributed by atoms with Gasteiger partial charge in [0.1, 0.15) is 0 Å². The van der Waals surface area contributed by atoms with Crippen LogP contribution in [0.2, 0.25) is 0 Å². The zero-order valence-corrected chi connectivity index (χ0v) is 12.4. The van der Waals surface area contributed by atoms with E-state index in [0.29, 0.717) is 0 Å². The normalized spacial score (nSPS) is 10.8. The molecule has 0 amide bonds. The van der Waals surface area contributed by atoms with E-state index < -0.39 is 0 Å². The van der Waals surface area contributed by atoms with Crippen LogP contribution in [0, 0.1) is 2.88 Å². The van der Waals surface area contributed by atoms with Gasteiger partial charge in [0.2, 0.25) is 0 Å². The molecule has 0 N–H and O–H groups in total. The molecule has 2 rings (SSSR count). The third kappa shape index (κ3) is 2.82. The summed E-state index contributed by atoms with van der Waals surface area (Å²) >= 11 is 6.19. The van der Waals surface area contributed by atoms with Crippen molar-refractivity contribution in [2.45, 2.75) is 26.2 Å². The van der Waals surface area contributed by atoms with Gasteiger partial charge in [-0.1, -0.05) is 19.4 Å². The van der Waals surface area contributed by atoms with Crippen molar-refractivity contribution in [2.24, 2.45) is 0 Å². The molecule has 0 aliphatic carbocycles. The number of rotatable bonds is 4. The molecule has 0 saturated carbocycles. The first-order valence-corrected chi connectivity index (χ1v) is 7.91. The minimum atomic E-state index is 1.23. The van der Waals surface area contributed by atoms with Crippen LogP contribution in [-0.4, -0.2) is 0 Å². The van der Waals surface area contributed by atoms with Gasteiger partial charge in [0, 0.05) is 9.75 Å². The lowest BCUT2D eigenvalue weighted by Crippen LogP contribution is -1.82. The van der Waals surface area contributed by atoms with Crippen molar-refractivity contribution < 1.29 is 0 Å². The fourth-order valence-electron chi connectivity index (χ4n) is 1.56. The van der Waals surface area contributed by atoms with E-state index in [-0.39, 0.29) is 0 Å². The van der Waals surface area contributed by atoms with E-state index in [2.05, 4.69) is 53.1 Å². The topological polar surface area (TPSA) is 0 Å². The molecule has 0 spiro atoms. The summed E-state index contributed by atoms with van der Waals surface area (Å²) in [6.45, 7) is 2.25. The monoisotopic (exact) mass is 348 g/mol. The molecule has 3 heteroatoms. The Morgan fingerprint density at radius 1 is 1.40 bits per heavy atom. The lowest BCUT2D eigenvalue weighted by Gasteiger charge is -1.99. The Balaban J connectivity index is 2.29. The molecular formula is C12H13IS2. The van der Waals surface area contributed by atoms with Gasteiger partial charge in [-0.25, -0.2) is 0 Å². The summed E-state index contributed by atoms with van der Waals surface area (Å²) in [5, 5.41) is 2.16. The molecule has 2 aromatic heterocycles.